The summed E-state index contributed by atoms with van der Waals surface area (Å²) in [7, 11) is 0. The molecule has 0 fully saturated rings. The van der Waals surface area contributed by atoms with Crippen LogP contribution in [0.5, 0.6) is 5.75 Å². The van der Waals surface area contributed by atoms with E-state index in [9.17, 15) is 9.90 Å². The lowest BCUT2D eigenvalue weighted by atomic mass is 10.2. The van der Waals surface area contributed by atoms with Crippen molar-refractivity contribution >= 4 is 0 Å². The first-order chi connectivity index (χ1) is 10.6. The normalized spacial score (nSPS) is 11.2. The van der Waals surface area contributed by atoms with E-state index in [1.807, 2.05) is 16.7 Å². The van der Waals surface area contributed by atoms with Crippen molar-refractivity contribution in [1.29, 1.82) is 0 Å². The summed E-state index contributed by atoms with van der Waals surface area (Å²) < 4.78 is 7.25. The molecule has 0 radical (unpaired) electrons. The van der Waals surface area contributed by atoms with Crippen molar-refractivity contribution in [2.75, 3.05) is 13.1 Å². The van der Waals surface area contributed by atoms with Gasteiger partial charge in [-0.3, -0.25) is 9.69 Å². The van der Waals surface area contributed by atoms with Crippen molar-refractivity contribution in [2.45, 2.75) is 39.8 Å². The van der Waals surface area contributed by atoms with Crippen LogP contribution in [0, 0.1) is 0 Å². The van der Waals surface area contributed by atoms with Gasteiger partial charge in [-0.15, -0.1) is 0 Å². The summed E-state index contributed by atoms with van der Waals surface area (Å²) in [5, 5.41) is 9.72. The Hall–Kier alpha value is -2.01. The summed E-state index contributed by atoms with van der Waals surface area (Å²) in [5.41, 5.74) is 0.555. The fraction of sp³-hybridized carbons (Fsp3) is 0.471. The second-order valence-corrected chi connectivity index (χ2v) is 5.50. The minimum atomic E-state index is -0.335. The van der Waals surface area contributed by atoms with Crippen LogP contribution in [0.2, 0.25) is 0 Å². The quantitative estimate of drug-likeness (QED) is 0.814. The minimum absolute atomic E-state index is 0.229. The molecule has 2 aromatic rings. The van der Waals surface area contributed by atoms with Crippen LogP contribution in [0.3, 0.4) is 0 Å². The van der Waals surface area contributed by atoms with Gasteiger partial charge in [-0.05, 0) is 38.1 Å². The molecule has 5 heteroatoms. The third-order valence-electron chi connectivity index (χ3n) is 3.57. The van der Waals surface area contributed by atoms with Crippen molar-refractivity contribution in [2.24, 2.45) is 0 Å². The fourth-order valence-corrected chi connectivity index (χ4v) is 2.59. The number of aromatic hydroxyl groups is 1. The van der Waals surface area contributed by atoms with Crippen LogP contribution in [-0.4, -0.2) is 27.7 Å². The highest BCUT2D eigenvalue weighted by Gasteiger charge is 2.11. The van der Waals surface area contributed by atoms with Crippen LogP contribution in [0.25, 0.3) is 0 Å². The molecule has 0 aliphatic heterocycles. The summed E-state index contributed by atoms with van der Waals surface area (Å²) in [6.45, 7) is 7.47. The Morgan fingerprint density at radius 3 is 2.59 bits per heavy atom. The zero-order valence-electron chi connectivity index (χ0n) is 13.3. The van der Waals surface area contributed by atoms with Crippen molar-refractivity contribution < 1.29 is 9.52 Å². The van der Waals surface area contributed by atoms with Crippen LogP contribution in [0.1, 0.15) is 38.1 Å². The highest BCUT2D eigenvalue weighted by atomic mass is 16.3. The maximum Gasteiger partial charge on any atom is 0.223 e. The predicted octanol–water partition coefficient (Wildman–Crippen LogP) is 2.82. The molecule has 0 spiro atoms. The van der Waals surface area contributed by atoms with Gasteiger partial charge in [0.2, 0.25) is 5.43 Å². The molecule has 0 atom stereocenters. The van der Waals surface area contributed by atoms with Gasteiger partial charge in [0, 0.05) is 18.3 Å². The van der Waals surface area contributed by atoms with Crippen molar-refractivity contribution in [3.63, 3.8) is 0 Å². The maximum absolute atomic E-state index is 11.8. The third-order valence-corrected chi connectivity index (χ3v) is 3.57. The summed E-state index contributed by atoms with van der Waals surface area (Å²) in [4.78, 5) is 14.1. The lowest BCUT2D eigenvalue weighted by Gasteiger charge is -2.23. The number of rotatable bonds is 8. The summed E-state index contributed by atoms with van der Waals surface area (Å²) in [5.74, 6) is 0.565. The van der Waals surface area contributed by atoms with Gasteiger partial charge < -0.3 is 14.1 Å². The zero-order valence-corrected chi connectivity index (χ0v) is 13.3. The number of hydrogen-bond donors (Lipinski definition) is 1. The molecule has 0 amide bonds. The van der Waals surface area contributed by atoms with Crippen LogP contribution in [0.4, 0.5) is 0 Å². The van der Waals surface area contributed by atoms with Crippen molar-refractivity contribution in [3.8, 4) is 5.75 Å². The first kappa shape index (κ1) is 16.4. The average molecular weight is 304 g/mol. The van der Waals surface area contributed by atoms with E-state index in [1.54, 1.807) is 6.26 Å². The van der Waals surface area contributed by atoms with Crippen LogP contribution >= 0.6 is 0 Å². The number of hydrogen-bond acceptors (Lipinski definition) is 4. The molecule has 22 heavy (non-hydrogen) atoms. The Morgan fingerprint density at radius 1 is 1.27 bits per heavy atom. The Bertz CT molecular complexity index is 626. The summed E-state index contributed by atoms with van der Waals surface area (Å²) >= 11 is 0. The van der Waals surface area contributed by atoms with Gasteiger partial charge in [0.1, 0.15) is 5.76 Å². The van der Waals surface area contributed by atoms with E-state index in [0.29, 0.717) is 13.1 Å². The van der Waals surface area contributed by atoms with Gasteiger partial charge in [-0.1, -0.05) is 13.8 Å². The molecule has 0 aliphatic carbocycles. The summed E-state index contributed by atoms with van der Waals surface area (Å²) in [6.07, 6.45) is 5.26. The van der Waals surface area contributed by atoms with Gasteiger partial charge in [0.15, 0.2) is 5.75 Å². The first-order valence-corrected chi connectivity index (χ1v) is 7.81. The largest absolute Gasteiger partial charge is 0.503 e. The van der Waals surface area contributed by atoms with Gasteiger partial charge >= 0.3 is 0 Å². The van der Waals surface area contributed by atoms with E-state index in [4.69, 9.17) is 4.42 Å². The Morgan fingerprint density at radius 2 is 2.00 bits per heavy atom. The molecule has 0 saturated heterocycles. The van der Waals surface area contributed by atoms with Gasteiger partial charge in [-0.2, -0.15) is 0 Å². The lowest BCUT2D eigenvalue weighted by molar-refractivity contribution is 0.258. The van der Waals surface area contributed by atoms with Gasteiger partial charge in [0.25, 0.3) is 0 Å². The minimum Gasteiger partial charge on any atom is -0.503 e. The second-order valence-electron chi connectivity index (χ2n) is 5.50. The predicted molar refractivity (Wildman–Crippen MR) is 86.0 cm³/mol. The Labute approximate surface area is 130 Å². The SMILES string of the molecule is CCCN(CCC)Cc1cc(=O)c(O)cn1Cc1ccco1. The molecule has 0 aromatic carbocycles. The molecule has 5 nitrogen and oxygen atoms in total. The highest BCUT2D eigenvalue weighted by molar-refractivity contribution is 5.21. The average Bonchev–Trinajstić information content (AvgIpc) is 2.98. The molecule has 2 heterocycles. The van der Waals surface area contributed by atoms with Gasteiger partial charge in [0.05, 0.1) is 19.0 Å². The van der Waals surface area contributed by atoms with E-state index >= 15 is 0 Å². The molecule has 2 aromatic heterocycles. The maximum atomic E-state index is 11.8. The molecule has 0 saturated carbocycles. The third kappa shape index (κ3) is 4.24. The number of furan rings is 1. The van der Waals surface area contributed by atoms with Crippen molar-refractivity contribution in [3.05, 3.63) is 52.3 Å². The second kappa shape index (κ2) is 7.84. The van der Waals surface area contributed by atoms with E-state index in [-0.39, 0.29) is 11.2 Å². The molecular weight excluding hydrogens is 280 g/mol. The first-order valence-electron chi connectivity index (χ1n) is 7.81. The highest BCUT2D eigenvalue weighted by Crippen LogP contribution is 2.12. The topological polar surface area (TPSA) is 58.6 Å². The van der Waals surface area contributed by atoms with Gasteiger partial charge in [-0.25, -0.2) is 0 Å². The Kier molecular flexibility index (Phi) is 5.83. The van der Waals surface area contributed by atoms with Crippen LogP contribution in [0.15, 0.2) is 39.9 Å². The molecule has 120 valence electrons. The van der Waals surface area contributed by atoms with Crippen LogP contribution in [-0.2, 0) is 13.1 Å². The molecule has 2 rings (SSSR count). The standard InChI is InChI=1S/C17H24N2O3/c1-3-7-18(8-4-2)11-14-10-16(20)17(21)13-19(14)12-15-6-5-9-22-15/h5-6,9-10,13,21H,3-4,7-8,11-12H2,1-2H3. The van der Waals surface area contributed by atoms with E-state index in [2.05, 4.69) is 18.7 Å². The number of pyridine rings is 1. The molecular formula is C17H24N2O3. The smallest absolute Gasteiger partial charge is 0.223 e. The van der Waals surface area contributed by atoms with Crippen LogP contribution < -0.4 is 5.43 Å². The summed E-state index contributed by atoms with van der Waals surface area (Å²) in [6, 6.07) is 5.24. The lowest BCUT2D eigenvalue weighted by Crippen LogP contribution is -2.28. The molecule has 0 aliphatic rings. The van der Waals surface area contributed by atoms with E-state index in [0.717, 1.165) is 37.4 Å². The van der Waals surface area contributed by atoms with E-state index in [1.165, 1.54) is 12.3 Å². The molecule has 1 N–H and O–H groups in total. The Balaban J connectivity index is 2.27. The number of nitrogens with zero attached hydrogens (tertiary/aromatic N) is 2. The molecule has 0 bridgehead atoms. The zero-order chi connectivity index (χ0) is 15.9. The fourth-order valence-electron chi connectivity index (χ4n) is 2.59. The van der Waals surface area contributed by atoms with Crippen molar-refractivity contribution in [1.82, 2.24) is 9.47 Å². The monoisotopic (exact) mass is 304 g/mol. The van der Waals surface area contributed by atoms with E-state index < -0.39 is 0 Å². The number of aromatic nitrogens is 1. The molecule has 0 unspecified atom stereocenters.